The normalized spacial score (nSPS) is 33.2. The second-order valence-corrected chi connectivity index (χ2v) is 3.62. The summed E-state index contributed by atoms with van der Waals surface area (Å²) in [5.41, 5.74) is 0. The smallest absolute Gasteiger partial charge is 0.0645 e. The van der Waals surface area contributed by atoms with Crippen LogP contribution in [0.1, 0.15) is 26.2 Å². The number of rotatable bonds is 4. The minimum Gasteiger partial charge on any atom is -0.377 e. The van der Waals surface area contributed by atoms with Crippen LogP contribution in [-0.4, -0.2) is 12.7 Å². The lowest BCUT2D eigenvalue weighted by Gasteiger charge is -2.19. The Morgan fingerprint density at radius 1 is 1.69 bits per heavy atom. The second kappa shape index (κ2) is 5.24. The fourth-order valence-corrected chi connectivity index (χ4v) is 1.85. The van der Waals surface area contributed by atoms with Crippen LogP contribution in [0.15, 0.2) is 0 Å². The SMILES string of the molecule is [CH2]CC1C[CH]C(OCCC#N)C1C. The maximum atomic E-state index is 8.35. The molecule has 0 bridgehead atoms. The highest BCUT2D eigenvalue weighted by Crippen LogP contribution is 2.34. The Kier molecular flexibility index (Phi) is 4.24. The van der Waals surface area contributed by atoms with E-state index in [-0.39, 0.29) is 6.10 Å². The lowest BCUT2D eigenvalue weighted by Crippen LogP contribution is -2.20. The summed E-state index contributed by atoms with van der Waals surface area (Å²) in [6, 6.07) is 2.08. The van der Waals surface area contributed by atoms with Crippen molar-refractivity contribution in [1.82, 2.24) is 0 Å². The molecule has 0 saturated heterocycles. The van der Waals surface area contributed by atoms with E-state index in [1.807, 2.05) is 0 Å². The monoisotopic (exact) mass is 179 g/mol. The second-order valence-electron chi connectivity index (χ2n) is 3.62. The third-order valence-electron chi connectivity index (χ3n) is 2.83. The highest BCUT2D eigenvalue weighted by atomic mass is 16.5. The van der Waals surface area contributed by atoms with E-state index in [4.69, 9.17) is 10.00 Å². The molecule has 0 aromatic carbocycles. The van der Waals surface area contributed by atoms with Crippen LogP contribution in [0.5, 0.6) is 0 Å². The van der Waals surface area contributed by atoms with Gasteiger partial charge in [-0.05, 0) is 24.7 Å². The Morgan fingerprint density at radius 3 is 3.00 bits per heavy atom. The van der Waals surface area contributed by atoms with E-state index >= 15 is 0 Å². The van der Waals surface area contributed by atoms with Crippen molar-refractivity contribution < 1.29 is 4.74 Å². The molecule has 1 saturated carbocycles. The lowest BCUT2D eigenvalue weighted by atomic mass is 9.95. The molecule has 2 heteroatoms. The van der Waals surface area contributed by atoms with Gasteiger partial charge in [-0.25, -0.2) is 0 Å². The van der Waals surface area contributed by atoms with Crippen LogP contribution in [0.4, 0.5) is 0 Å². The van der Waals surface area contributed by atoms with E-state index in [0.717, 1.165) is 12.8 Å². The van der Waals surface area contributed by atoms with Crippen molar-refractivity contribution in [2.75, 3.05) is 6.61 Å². The molecule has 0 spiro atoms. The van der Waals surface area contributed by atoms with Gasteiger partial charge in [0.25, 0.3) is 0 Å². The number of hydrogen-bond acceptors (Lipinski definition) is 2. The molecule has 0 heterocycles. The summed E-state index contributed by atoms with van der Waals surface area (Å²) in [4.78, 5) is 0. The van der Waals surface area contributed by atoms with Gasteiger partial charge in [0.1, 0.15) is 0 Å². The number of nitriles is 1. The first-order valence-electron chi connectivity index (χ1n) is 4.90. The predicted molar refractivity (Wildman–Crippen MR) is 51.5 cm³/mol. The Hall–Kier alpha value is -0.550. The molecular formula is C11H17NO. The predicted octanol–water partition coefficient (Wildman–Crippen LogP) is 2.37. The largest absolute Gasteiger partial charge is 0.377 e. The van der Waals surface area contributed by atoms with Crippen molar-refractivity contribution in [2.24, 2.45) is 11.8 Å². The topological polar surface area (TPSA) is 33.0 Å². The fraction of sp³-hybridized carbons (Fsp3) is 0.727. The van der Waals surface area contributed by atoms with Crippen molar-refractivity contribution >= 4 is 0 Å². The summed E-state index contributed by atoms with van der Waals surface area (Å²) in [6.45, 7) is 6.69. The van der Waals surface area contributed by atoms with Crippen LogP contribution in [0.25, 0.3) is 0 Å². The molecule has 0 aliphatic heterocycles. The average Bonchev–Trinajstić information content (AvgIpc) is 2.48. The van der Waals surface area contributed by atoms with Gasteiger partial charge in [0.05, 0.1) is 25.2 Å². The van der Waals surface area contributed by atoms with E-state index in [9.17, 15) is 0 Å². The van der Waals surface area contributed by atoms with E-state index in [0.29, 0.717) is 24.9 Å². The van der Waals surface area contributed by atoms with E-state index < -0.39 is 0 Å². The summed E-state index contributed by atoms with van der Waals surface area (Å²) in [7, 11) is 0. The van der Waals surface area contributed by atoms with Crippen LogP contribution in [0.2, 0.25) is 0 Å². The molecule has 3 unspecified atom stereocenters. The lowest BCUT2D eigenvalue weighted by molar-refractivity contribution is 0.0474. The minimum atomic E-state index is 0.250. The summed E-state index contributed by atoms with van der Waals surface area (Å²) in [5, 5.41) is 8.35. The van der Waals surface area contributed by atoms with Crippen molar-refractivity contribution in [1.29, 1.82) is 5.26 Å². The maximum absolute atomic E-state index is 8.35. The summed E-state index contributed by atoms with van der Waals surface area (Å²) >= 11 is 0. The Balaban J connectivity index is 2.25. The Labute approximate surface area is 80.9 Å². The van der Waals surface area contributed by atoms with Crippen LogP contribution < -0.4 is 0 Å². The molecule has 0 aromatic heterocycles. The zero-order chi connectivity index (χ0) is 9.68. The fourth-order valence-electron chi connectivity index (χ4n) is 1.85. The van der Waals surface area contributed by atoms with Gasteiger partial charge in [0, 0.05) is 0 Å². The first-order chi connectivity index (χ1) is 6.29. The molecule has 2 nitrogen and oxygen atoms in total. The minimum absolute atomic E-state index is 0.250. The van der Waals surface area contributed by atoms with Crippen LogP contribution >= 0.6 is 0 Å². The molecule has 1 rings (SSSR count). The third kappa shape index (κ3) is 2.70. The maximum Gasteiger partial charge on any atom is 0.0645 e. The zero-order valence-corrected chi connectivity index (χ0v) is 8.20. The molecule has 13 heavy (non-hydrogen) atoms. The highest BCUT2D eigenvalue weighted by molar-refractivity contribution is 4.95. The molecule has 72 valence electrons. The molecular weight excluding hydrogens is 162 g/mol. The van der Waals surface area contributed by atoms with Crippen LogP contribution in [0.3, 0.4) is 0 Å². The van der Waals surface area contributed by atoms with E-state index in [2.05, 4.69) is 26.3 Å². The van der Waals surface area contributed by atoms with Crippen molar-refractivity contribution in [2.45, 2.75) is 32.3 Å². The van der Waals surface area contributed by atoms with E-state index in [1.165, 1.54) is 0 Å². The third-order valence-corrected chi connectivity index (χ3v) is 2.83. The molecule has 0 N–H and O–H groups in total. The number of hydrogen-bond donors (Lipinski definition) is 0. The highest BCUT2D eigenvalue weighted by Gasteiger charge is 2.32. The molecule has 1 aliphatic carbocycles. The first-order valence-corrected chi connectivity index (χ1v) is 4.90. The van der Waals surface area contributed by atoms with Gasteiger partial charge in [0.2, 0.25) is 0 Å². The first kappa shape index (κ1) is 10.5. The zero-order valence-electron chi connectivity index (χ0n) is 8.20. The number of ether oxygens (including phenoxy) is 1. The van der Waals surface area contributed by atoms with Gasteiger partial charge in [-0.3, -0.25) is 0 Å². The molecule has 1 fully saturated rings. The molecule has 1 aliphatic rings. The standard InChI is InChI=1S/C11H17NO/c1-3-10-5-6-11(9(10)2)13-8-4-7-12/h6,9-11H,1,3-5,8H2,2H3. The van der Waals surface area contributed by atoms with Gasteiger partial charge in [-0.15, -0.1) is 0 Å². The molecule has 3 atom stereocenters. The van der Waals surface area contributed by atoms with Gasteiger partial charge in [0.15, 0.2) is 0 Å². The molecule has 2 radical (unpaired) electrons. The Morgan fingerprint density at radius 2 is 2.46 bits per heavy atom. The van der Waals surface area contributed by atoms with Gasteiger partial charge in [-0.1, -0.05) is 20.3 Å². The summed E-state index contributed by atoms with van der Waals surface area (Å²) in [6.07, 6.45) is 5.06. The van der Waals surface area contributed by atoms with Gasteiger partial charge < -0.3 is 4.74 Å². The van der Waals surface area contributed by atoms with Crippen molar-refractivity contribution in [3.05, 3.63) is 13.3 Å². The number of nitrogens with zero attached hydrogens (tertiary/aromatic N) is 1. The van der Waals surface area contributed by atoms with Crippen LogP contribution in [-0.2, 0) is 4.74 Å². The van der Waals surface area contributed by atoms with Gasteiger partial charge in [-0.2, -0.15) is 5.26 Å². The van der Waals surface area contributed by atoms with Gasteiger partial charge >= 0.3 is 0 Å². The quantitative estimate of drug-likeness (QED) is 0.621. The summed E-state index contributed by atoms with van der Waals surface area (Å²) in [5.74, 6) is 1.24. The van der Waals surface area contributed by atoms with Crippen molar-refractivity contribution in [3.63, 3.8) is 0 Å². The summed E-state index contributed by atoms with van der Waals surface area (Å²) < 4.78 is 5.58. The Bertz CT molecular complexity index is 185. The molecule has 0 amide bonds. The van der Waals surface area contributed by atoms with Crippen molar-refractivity contribution in [3.8, 4) is 6.07 Å². The van der Waals surface area contributed by atoms with E-state index in [1.54, 1.807) is 0 Å². The average molecular weight is 179 g/mol. The molecule has 0 aromatic rings. The van der Waals surface area contributed by atoms with Crippen LogP contribution in [0, 0.1) is 36.5 Å².